The van der Waals surface area contributed by atoms with E-state index in [1.54, 1.807) is 0 Å². The summed E-state index contributed by atoms with van der Waals surface area (Å²) in [5.74, 6) is 1.49. The van der Waals surface area contributed by atoms with Gasteiger partial charge in [0.05, 0.1) is 0 Å². The summed E-state index contributed by atoms with van der Waals surface area (Å²) >= 11 is 0. The fraction of sp³-hybridized carbons (Fsp3) is 0.474. The zero-order valence-corrected chi connectivity index (χ0v) is 12.6. The van der Waals surface area contributed by atoms with Crippen molar-refractivity contribution in [3.05, 3.63) is 48.0 Å². The molecule has 2 aromatic carbocycles. The number of hydrogen-bond acceptors (Lipinski definition) is 1. The smallest absolute Gasteiger partial charge is 0.0418 e. The van der Waals surface area contributed by atoms with E-state index in [9.17, 15) is 0 Å². The highest BCUT2D eigenvalue weighted by atomic mass is 14.8. The van der Waals surface area contributed by atoms with Crippen LogP contribution in [-0.2, 0) is 5.54 Å². The van der Waals surface area contributed by atoms with Gasteiger partial charge < -0.3 is 5.73 Å². The van der Waals surface area contributed by atoms with Crippen molar-refractivity contribution in [2.45, 2.75) is 45.1 Å². The summed E-state index contributed by atoms with van der Waals surface area (Å²) in [5.41, 5.74) is 8.08. The maximum atomic E-state index is 6.87. The molecule has 1 saturated carbocycles. The van der Waals surface area contributed by atoms with Gasteiger partial charge in [-0.25, -0.2) is 0 Å². The maximum absolute atomic E-state index is 6.87. The van der Waals surface area contributed by atoms with E-state index in [2.05, 4.69) is 56.3 Å². The first kappa shape index (κ1) is 13.6. The Kier molecular flexibility index (Phi) is 3.55. The second-order valence-electron chi connectivity index (χ2n) is 6.78. The molecule has 1 nitrogen and oxygen atoms in total. The summed E-state index contributed by atoms with van der Waals surface area (Å²) in [6, 6.07) is 15.2. The molecule has 0 heterocycles. The minimum absolute atomic E-state index is 0.145. The van der Waals surface area contributed by atoms with Crippen molar-refractivity contribution in [2.24, 2.45) is 17.6 Å². The van der Waals surface area contributed by atoms with Crippen LogP contribution in [0.4, 0.5) is 0 Å². The average molecular weight is 267 g/mol. The second kappa shape index (κ2) is 5.21. The first-order chi connectivity index (χ1) is 9.60. The SMILES string of the molecule is CC(C)C1CCCC(N)(c2cccc3ccccc23)C1. The van der Waals surface area contributed by atoms with E-state index in [4.69, 9.17) is 5.73 Å². The lowest BCUT2D eigenvalue weighted by atomic mass is 9.68. The highest BCUT2D eigenvalue weighted by Gasteiger charge is 2.36. The Morgan fingerprint density at radius 2 is 1.85 bits per heavy atom. The zero-order valence-electron chi connectivity index (χ0n) is 12.6. The molecule has 0 saturated heterocycles. The van der Waals surface area contributed by atoms with E-state index >= 15 is 0 Å². The summed E-state index contributed by atoms with van der Waals surface area (Å²) in [6.07, 6.45) is 4.83. The fourth-order valence-corrected chi connectivity index (χ4v) is 3.82. The third kappa shape index (κ3) is 2.35. The largest absolute Gasteiger partial charge is 0.321 e. The van der Waals surface area contributed by atoms with Crippen molar-refractivity contribution < 1.29 is 0 Å². The van der Waals surface area contributed by atoms with Gasteiger partial charge in [-0.05, 0) is 41.0 Å². The molecule has 0 aliphatic heterocycles. The zero-order chi connectivity index (χ0) is 14.2. The molecule has 3 rings (SSSR count). The molecule has 0 radical (unpaired) electrons. The number of nitrogens with two attached hydrogens (primary N) is 1. The Labute approximate surface area is 122 Å². The van der Waals surface area contributed by atoms with Crippen LogP contribution in [0.15, 0.2) is 42.5 Å². The van der Waals surface area contributed by atoms with Crippen LogP contribution in [0.1, 0.15) is 45.1 Å². The van der Waals surface area contributed by atoms with Crippen molar-refractivity contribution >= 4 is 10.8 Å². The lowest BCUT2D eigenvalue weighted by molar-refractivity contribution is 0.185. The molecule has 2 N–H and O–H groups in total. The molecule has 2 atom stereocenters. The van der Waals surface area contributed by atoms with Crippen LogP contribution in [0.2, 0.25) is 0 Å². The Hall–Kier alpha value is -1.34. The normalized spacial score (nSPS) is 27.1. The van der Waals surface area contributed by atoms with Gasteiger partial charge in [-0.1, -0.05) is 69.2 Å². The Balaban J connectivity index is 2.05. The van der Waals surface area contributed by atoms with Gasteiger partial charge in [0.25, 0.3) is 0 Å². The quantitative estimate of drug-likeness (QED) is 0.827. The predicted octanol–water partition coefficient (Wildman–Crippen LogP) is 4.84. The summed E-state index contributed by atoms with van der Waals surface area (Å²) < 4.78 is 0. The molecule has 0 aromatic heterocycles. The van der Waals surface area contributed by atoms with Crippen LogP contribution in [-0.4, -0.2) is 0 Å². The highest BCUT2D eigenvalue weighted by molar-refractivity contribution is 5.86. The third-order valence-corrected chi connectivity index (χ3v) is 5.09. The Morgan fingerprint density at radius 1 is 1.10 bits per heavy atom. The Bertz CT molecular complexity index is 596. The number of benzene rings is 2. The molecular weight excluding hydrogens is 242 g/mol. The molecule has 2 unspecified atom stereocenters. The number of fused-ring (bicyclic) bond motifs is 1. The summed E-state index contributed by atoms with van der Waals surface area (Å²) in [5, 5.41) is 2.64. The van der Waals surface area contributed by atoms with Crippen LogP contribution in [0, 0.1) is 11.8 Å². The molecular formula is C19H25N. The molecule has 0 amide bonds. The fourth-order valence-electron chi connectivity index (χ4n) is 3.82. The molecule has 1 heteroatoms. The van der Waals surface area contributed by atoms with Crippen molar-refractivity contribution in [3.63, 3.8) is 0 Å². The van der Waals surface area contributed by atoms with E-state index in [1.807, 2.05) is 0 Å². The van der Waals surface area contributed by atoms with Crippen molar-refractivity contribution in [2.75, 3.05) is 0 Å². The van der Waals surface area contributed by atoms with E-state index < -0.39 is 0 Å². The van der Waals surface area contributed by atoms with Gasteiger partial charge in [-0.2, -0.15) is 0 Å². The second-order valence-corrected chi connectivity index (χ2v) is 6.78. The van der Waals surface area contributed by atoms with Crippen molar-refractivity contribution in [1.82, 2.24) is 0 Å². The molecule has 1 fully saturated rings. The van der Waals surface area contributed by atoms with Gasteiger partial charge in [0.1, 0.15) is 0 Å². The molecule has 1 aliphatic rings. The Morgan fingerprint density at radius 3 is 2.65 bits per heavy atom. The van der Waals surface area contributed by atoms with Crippen LogP contribution in [0.3, 0.4) is 0 Å². The van der Waals surface area contributed by atoms with Crippen LogP contribution in [0.5, 0.6) is 0 Å². The van der Waals surface area contributed by atoms with Crippen LogP contribution in [0.25, 0.3) is 10.8 Å². The van der Waals surface area contributed by atoms with Crippen LogP contribution < -0.4 is 5.73 Å². The van der Waals surface area contributed by atoms with Gasteiger partial charge in [0.2, 0.25) is 0 Å². The average Bonchev–Trinajstić information content (AvgIpc) is 2.46. The first-order valence-corrected chi connectivity index (χ1v) is 7.87. The monoisotopic (exact) mass is 267 g/mol. The van der Waals surface area contributed by atoms with Crippen molar-refractivity contribution in [1.29, 1.82) is 0 Å². The third-order valence-electron chi connectivity index (χ3n) is 5.09. The lowest BCUT2D eigenvalue weighted by Gasteiger charge is -2.40. The minimum Gasteiger partial charge on any atom is -0.321 e. The molecule has 106 valence electrons. The van der Waals surface area contributed by atoms with Crippen molar-refractivity contribution in [3.8, 4) is 0 Å². The van der Waals surface area contributed by atoms with E-state index in [0.717, 1.165) is 24.7 Å². The van der Waals surface area contributed by atoms with Gasteiger partial charge in [0.15, 0.2) is 0 Å². The molecule has 1 aliphatic carbocycles. The predicted molar refractivity (Wildman–Crippen MR) is 86.6 cm³/mol. The molecule has 0 bridgehead atoms. The topological polar surface area (TPSA) is 26.0 Å². The summed E-state index contributed by atoms with van der Waals surface area (Å²) in [6.45, 7) is 4.67. The first-order valence-electron chi connectivity index (χ1n) is 7.87. The summed E-state index contributed by atoms with van der Waals surface area (Å²) in [4.78, 5) is 0. The van der Waals surface area contributed by atoms with Gasteiger partial charge >= 0.3 is 0 Å². The molecule has 0 spiro atoms. The van der Waals surface area contributed by atoms with E-state index in [0.29, 0.717) is 0 Å². The van der Waals surface area contributed by atoms with E-state index in [-0.39, 0.29) is 5.54 Å². The lowest BCUT2D eigenvalue weighted by Crippen LogP contribution is -2.42. The summed E-state index contributed by atoms with van der Waals surface area (Å²) in [7, 11) is 0. The number of rotatable bonds is 2. The van der Waals surface area contributed by atoms with Gasteiger partial charge in [-0.15, -0.1) is 0 Å². The van der Waals surface area contributed by atoms with Gasteiger partial charge in [0, 0.05) is 5.54 Å². The standard InChI is InChI=1S/C19H25N/c1-14(2)16-9-6-12-19(20,13-16)18-11-5-8-15-7-3-4-10-17(15)18/h3-5,7-8,10-11,14,16H,6,9,12-13,20H2,1-2H3. The van der Waals surface area contributed by atoms with Gasteiger partial charge in [-0.3, -0.25) is 0 Å². The molecule has 2 aromatic rings. The molecule has 20 heavy (non-hydrogen) atoms. The maximum Gasteiger partial charge on any atom is 0.0418 e. The highest BCUT2D eigenvalue weighted by Crippen LogP contribution is 2.42. The minimum atomic E-state index is -0.145. The van der Waals surface area contributed by atoms with Crippen LogP contribution >= 0.6 is 0 Å². The number of hydrogen-bond donors (Lipinski definition) is 1. The van der Waals surface area contributed by atoms with E-state index in [1.165, 1.54) is 29.2 Å².